The second-order valence-corrected chi connectivity index (χ2v) is 6.54. The summed E-state index contributed by atoms with van der Waals surface area (Å²) in [6.07, 6.45) is 5.23. The monoisotopic (exact) mass is 379 g/mol. The smallest absolute Gasteiger partial charge is 0.232 e. The van der Waals surface area contributed by atoms with E-state index in [-0.39, 0.29) is 17.9 Å². The number of benzene rings is 1. The highest BCUT2D eigenvalue weighted by Gasteiger charge is 2.43. The van der Waals surface area contributed by atoms with Gasteiger partial charge in [0.15, 0.2) is 11.5 Å². The van der Waals surface area contributed by atoms with E-state index in [2.05, 4.69) is 30.3 Å². The Kier molecular flexibility index (Phi) is 3.39. The lowest BCUT2D eigenvalue weighted by Crippen LogP contribution is -2.15. The molecule has 1 amide bonds. The van der Waals surface area contributed by atoms with Gasteiger partial charge in [0.1, 0.15) is 12.0 Å². The number of H-pyrrole nitrogens is 1. The minimum Gasteiger partial charge on any atom is -0.309 e. The van der Waals surface area contributed by atoms with Gasteiger partial charge in [-0.3, -0.25) is 14.9 Å². The Morgan fingerprint density at radius 3 is 2.96 bits per heavy atom. The second-order valence-electron chi connectivity index (χ2n) is 6.54. The molecule has 0 bridgehead atoms. The molecule has 1 aliphatic rings. The van der Waals surface area contributed by atoms with Gasteiger partial charge in [-0.05, 0) is 12.5 Å². The number of imidazole rings is 1. The van der Waals surface area contributed by atoms with Crippen LogP contribution in [0.3, 0.4) is 0 Å². The van der Waals surface area contributed by atoms with E-state index in [9.17, 15) is 13.6 Å². The van der Waals surface area contributed by atoms with Crippen LogP contribution in [0.1, 0.15) is 6.42 Å². The molecule has 0 unspecified atom stereocenters. The van der Waals surface area contributed by atoms with Crippen molar-refractivity contribution in [1.29, 1.82) is 0 Å². The van der Waals surface area contributed by atoms with E-state index in [1.54, 1.807) is 16.8 Å². The van der Waals surface area contributed by atoms with Gasteiger partial charge >= 0.3 is 0 Å². The molecule has 0 aliphatic heterocycles. The molecule has 138 valence electrons. The van der Waals surface area contributed by atoms with Crippen LogP contribution in [-0.4, -0.2) is 36.6 Å². The van der Waals surface area contributed by atoms with Crippen molar-refractivity contribution < 1.29 is 13.6 Å². The van der Waals surface area contributed by atoms with Gasteiger partial charge < -0.3 is 9.72 Å². The van der Waals surface area contributed by atoms with Crippen LogP contribution in [0.25, 0.3) is 32.7 Å². The van der Waals surface area contributed by atoms with Crippen molar-refractivity contribution in [3.8, 4) is 11.3 Å². The highest BCUT2D eigenvalue weighted by molar-refractivity contribution is 6.00. The van der Waals surface area contributed by atoms with Crippen molar-refractivity contribution in [3.63, 3.8) is 0 Å². The number of fused-ring (bicyclic) bond motifs is 2. The summed E-state index contributed by atoms with van der Waals surface area (Å²) < 4.78 is 29.0. The fourth-order valence-corrected chi connectivity index (χ4v) is 3.16. The van der Waals surface area contributed by atoms with Crippen LogP contribution in [-0.2, 0) is 4.79 Å². The van der Waals surface area contributed by atoms with E-state index in [0.29, 0.717) is 27.8 Å². The minimum atomic E-state index is -1.09. The lowest BCUT2D eigenvalue weighted by Gasteiger charge is -2.07. The topological polar surface area (TPSA) is 92.3 Å². The molecule has 10 heteroatoms. The van der Waals surface area contributed by atoms with Gasteiger partial charge in [-0.25, -0.2) is 18.6 Å². The summed E-state index contributed by atoms with van der Waals surface area (Å²) in [5, 5.41) is 9.74. The number of carbonyl (C=O) groups excluding carboxylic acids is 1. The second kappa shape index (κ2) is 5.82. The number of nitrogens with zero attached hydrogens (tertiary/aromatic N) is 5. The largest absolute Gasteiger partial charge is 0.309 e. The number of halogens is 2. The van der Waals surface area contributed by atoms with Gasteiger partial charge in [-0.15, -0.1) is 0 Å². The number of hydrogen-bond donors (Lipinski definition) is 2. The van der Waals surface area contributed by atoms with Gasteiger partial charge in [0.25, 0.3) is 0 Å². The zero-order valence-corrected chi connectivity index (χ0v) is 14.1. The molecule has 2 atom stereocenters. The maximum atomic E-state index is 14.3. The molecule has 3 heterocycles. The molecule has 0 saturated heterocycles. The molecule has 0 radical (unpaired) electrons. The van der Waals surface area contributed by atoms with Crippen molar-refractivity contribution in [3.05, 3.63) is 48.1 Å². The van der Waals surface area contributed by atoms with Crippen LogP contribution >= 0.6 is 0 Å². The minimum absolute atomic E-state index is 0.155. The predicted molar refractivity (Wildman–Crippen MR) is 95.9 cm³/mol. The summed E-state index contributed by atoms with van der Waals surface area (Å²) in [5.41, 5.74) is 1.41. The number of aromatic nitrogens is 5. The average Bonchev–Trinajstić information content (AvgIpc) is 3.05. The molecule has 1 fully saturated rings. The fourth-order valence-electron chi connectivity index (χ4n) is 3.16. The van der Waals surface area contributed by atoms with Gasteiger partial charge in [0.2, 0.25) is 11.6 Å². The number of rotatable bonds is 3. The summed E-state index contributed by atoms with van der Waals surface area (Å²) in [6.45, 7) is 7.34. The normalized spacial score (nSPS) is 18.3. The van der Waals surface area contributed by atoms with E-state index in [1.165, 1.54) is 18.5 Å². The number of amides is 1. The van der Waals surface area contributed by atoms with Crippen LogP contribution in [0.15, 0.2) is 30.9 Å². The maximum Gasteiger partial charge on any atom is 0.232 e. The molecule has 1 saturated carbocycles. The molecular weight excluding hydrogens is 368 g/mol. The Bertz CT molecular complexity index is 1300. The van der Waals surface area contributed by atoms with Crippen molar-refractivity contribution in [1.82, 2.24) is 24.6 Å². The Morgan fingerprint density at radius 1 is 1.39 bits per heavy atom. The zero-order valence-electron chi connectivity index (χ0n) is 14.1. The predicted octanol–water partition coefficient (Wildman–Crippen LogP) is 3.26. The summed E-state index contributed by atoms with van der Waals surface area (Å²) in [7, 11) is 0. The Hall–Kier alpha value is -3.87. The number of anilines is 1. The number of hydrogen-bond acceptors (Lipinski definition) is 4. The van der Waals surface area contributed by atoms with E-state index in [4.69, 9.17) is 6.57 Å². The Labute approximate surface area is 156 Å². The fraction of sp³-hybridized carbons (Fsp3) is 0.167. The van der Waals surface area contributed by atoms with Crippen LogP contribution in [0, 0.1) is 18.3 Å². The van der Waals surface area contributed by atoms with Crippen molar-refractivity contribution in [2.75, 3.05) is 5.32 Å². The van der Waals surface area contributed by atoms with Gasteiger partial charge in [0, 0.05) is 17.1 Å². The zero-order chi connectivity index (χ0) is 19.4. The molecule has 1 aliphatic carbocycles. The lowest BCUT2D eigenvalue weighted by atomic mass is 10.0. The molecule has 8 nitrogen and oxygen atoms in total. The van der Waals surface area contributed by atoms with Crippen molar-refractivity contribution in [2.45, 2.75) is 12.6 Å². The highest BCUT2D eigenvalue weighted by Crippen LogP contribution is 2.38. The van der Waals surface area contributed by atoms with E-state index in [0.717, 1.165) is 0 Å². The maximum absolute atomic E-state index is 14.3. The van der Waals surface area contributed by atoms with Crippen molar-refractivity contribution >= 4 is 34.0 Å². The van der Waals surface area contributed by atoms with Gasteiger partial charge in [-0.1, -0.05) is 0 Å². The first-order valence-corrected chi connectivity index (χ1v) is 8.38. The number of carbonyl (C=O) groups is 1. The van der Waals surface area contributed by atoms with Crippen LogP contribution in [0.5, 0.6) is 0 Å². The average molecular weight is 379 g/mol. The van der Waals surface area contributed by atoms with Gasteiger partial charge in [-0.2, -0.15) is 5.10 Å². The first-order chi connectivity index (χ1) is 13.5. The van der Waals surface area contributed by atoms with E-state index < -0.39 is 23.8 Å². The summed E-state index contributed by atoms with van der Waals surface area (Å²) in [6, 6.07) is 1.22. The van der Waals surface area contributed by atoms with E-state index >= 15 is 0 Å². The van der Waals surface area contributed by atoms with Crippen molar-refractivity contribution in [2.24, 2.45) is 5.92 Å². The molecule has 4 aromatic rings. The third kappa shape index (κ3) is 2.48. The first-order valence-electron chi connectivity index (χ1n) is 8.38. The molecule has 2 N–H and O–H groups in total. The molecule has 0 spiro atoms. The lowest BCUT2D eigenvalue weighted by molar-refractivity contribution is -0.117. The van der Waals surface area contributed by atoms with Gasteiger partial charge in [0.05, 0.1) is 42.3 Å². The van der Waals surface area contributed by atoms with Crippen LogP contribution in [0.2, 0.25) is 0 Å². The van der Waals surface area contributed by atoms with Crippen LogP contribution in [0.4, 0.5) is 20.3 Å². The molecule has 1 aromatic carbocycles. The Balaban J connectivity index is 1.59. The highest BCUT2D eigenvalue weighted by atomic mass is 19.1. The standard InChI is InChI=1S/C18H11F2N7O/c1-21-17-11(20)3-12-9(4-23-26-12)16(17)13-6-27-7-14(24-15(27)5-22-13)25-18(28)8-2-10(8)19/h3-8,10H,2H2,(H,23,26)(H,25,28)/t8-,10+/m1/s1. The molecule has 3 aromatic heterocycles. The molecule has 28 heavy (non-hydrogen) atoms. The summed E-state index contributed by atoms with van der Waals surface area (Å²) >= 11 is 0. The number of nitrogens with one attached hydrogen (secondary N) is 2. The quantitative estimate of drug-likeness (QED) is 0.535. The Morgan fingerprint density at radius 2 is 2.21 bits per heavy atom. The SMILES string of the molecule is [C-]#[N+]c1c(F)cc2[nH]ncc2c1-c1cn2cc(NC(=O)[C@@H]3C[C@@H]3F)nc2cn1. The summed E-state index contributed by atoms with van der Waals surface area (Å²) in [5.74, 6) is -1.44. The first kappa shape index (κ1) is 16.3. The number of aromatic amines is 1. The molecular formula is C18H11F2N7O. The van der Waals surface area contributed by atoms with E-state index in [1.807, 2.05) is 0 Å². The summed E-state index contributed by atoms with van der Waals surface area (Å²) in [4.78, 5) is 23.7. The third-order valence-electron chi connectivity index (χ3n) is 4.68. The van der Waals surface area contributed by atoms with Crippen LogP contribution < -0.4 is 5.32 Å². The number of alkyl halides is 1. The molecule has 5 rings (SSSR count). The third-order valence-corrected chi connectivity index (χ3v) is 4.68.